The van der Waals surface area contributed by atoms with E-state index < -0.39 is 0 Å². The average molecular weight is 205 g/mol. The van der Waals surface area contributed by atoms with Crippen molar-refractivity contribution >= 4 is 0 Å². The zero-order valence-electron chi connectivity index (χ0n) is 9.49. The molecule has 0 spiro atoms. The van der Waals surface area contributed by atoms with Crippen LogP contribution in [-0.2, 0) is 11.3 Å². The Morgan fingerprint density at radius 1 is 1.33 bits per heavy atom. The van der Waals surface area contributed by atoms with Crippen LogP contribution in [0.3, 0.4) is 0 Å². The molecule has 1 saturated carbocycles. The summed E-state index contributed by atoms with van der Waals surface area (Å²) in [6.45, 7) is 1.86. The number of hydrogen-bond donors (Lipinski definition) is 1. The molecule has 82 valence electrons. The van der Waals surface area contributed by atoms with E-state index in [2.05, 4.69) is 29.6 Å². The van der Waals surface area contributed by atoms with E-state index in [1.807, 2.05) is 7.05 Å². The van der Waals surface area contributed by atoms with Crippen molar-refractivity contribution in [3.05, 3.63) is 35.4 Å². The second-order valence-corrected chi connectivity index (χ2v) is 4.33. The van der Waals surface area contributed by atoms with E-state index in [0.717, 1.165) is 18.4 Å². The molecule has 15 heavy (non-hydrogen) atoms. The van der Waals surface area contributed by atoms with Crippen LogP contribution in [0.1, 0.15) is 23.5 Å². The van der Waals surface area contributed by atoms with Crippen molar-refractivity contribution in [2.45, 2.75) is 18.9 Å². The number of nitrogens with one attached hydrogen (secondary N) is 1. The Balaban J connectivity index is 1.94. The lowest BCUT2D eigenvalue weighted by Gasteiger charge is -2.03. The fraction of sp³-hybridized carbons (Fsp3) is 0.538. The highest BCUT2D eigenvalue weighted by atomic mass is 16.5. The van der Waals surface area contributed by atoms with Gasteiger partial charge >= 0.3 is 0 Å². The fourth-order valence-electron chi connectivity index (χ4n) is 2.17. The SMILES string of the molecule is CNCC1CC1c1ccc(COC)cc1. The van der Waals surface area contributed by atoms with E-state index in [9.17, 15) is 0 Å². The fourth-order valence-corrected chi connectivity index (χ4v) is 2.17. The van der Waals surface area contributed by atoms with E-state index in [4.69, 9.17) is 4.74 Å². The van der Waals surface area contributed by atoms with Crippen LogP contribution < -0.4 is 5.32 Å². The summed E-state index contributed by atoms with van der Waals surface area (Å²) in [6, 6.07) is 8.84. The van der Waals surface area contributed by atoms with Gasteiger partial charge in [-0.15, -0.1) is 0 Å². The smallest absolute Gasteiger partial charge is 0.0713 e. The highest BCUT2D eigenvalue weighted by molar-refractivity contribution is 5.29. The predicted molar refractivity (Wildman–Crippen MR) is 61.9 cm³/mol. The Hall–Kier alpha value is -0.860. The molecule has 1 aliphatic rings. The van der Waals surface area contributed by atoms with Gasteiger partial charge in [-0.2, -0.15) is 0 Å². The molecule has 0 bridgehead atoms. The van der Waals surface area contributed by atoms with Gasteiger partial charge in [0.25, 0.3) is 0 Å². The molecular weight excluding hydrogens is 186 g/mol. The van der Waals surface area contributed by atoms with E-state index in [0.29, 0.717) is 6.61 Å². The highest BCUT2D eigenvalue weighted by Crippen LogP contribution is 2.46. The molecule has 0 heterocycles. The minimum Gasteiger partial charge on any atom is -0.380 e. The van der Waals surface area contributed by atoms with Crippen molar-refractivity contribution in [2.75, 3.05) is 20.7 Å². The number of rotatable bonds is 5. The van der Waals surface area contributed by atoms with Gasteiger partial charge in [-0.1, -0.05) is 24.3 Å². The zero-order valence-corrected chi connectivity index (χ0v) is 9.49. The van der Waals surface area contributed by atoms with Crippen molar-refractivity contribution in [1.29, 1.82) is 0 Å². The zero-order chi connectivity index (χ0) is 10.7. The van der Waals surface area contributed by atoms with Gasteiger partial charge < -0.3 is 10.1 Å². The second kappa shape index (κ2) is 4.77. The predicted octanol–water partition coefficient (Wildman–Crippen LogP) is 2.16. The Labute approximate surface area is 91.6 Å². The van der Waals surface area contributed by atoms with Crippen LogP contribution in [0, 0.1) is 5.92 Å². The largest absolute Gasteiger partial charge is 0.380 e. The van der Waals surface area contributed by atoms with Gasteiger partial charge in [-0.3, -0.25) is 0 Å². The normalized spacial score (nSPS) is 24.1. The molecule has 1 fully saturated rings. The molecule has 0 amide bonds. The Morgan fingerprint density at radius 2 is 2.07 bits per heavy atom. The first-order valence-corrected chi connectivity index (χ1v) is 5.57. The Morgan fingerprint density at radius 3 is 2.67 bits per heavy atom. The van der Waals surface area contributed by atoms with E-state index in [1.54, 1.807) is 7.11 Å². The minimum absolute atomic E-state index is 0.713. The second-order valence-electron chi connectivity index (χ2n) is 4.33. The number of benzene rings is 1. The van der Waals surface area contributed by atoms with Gasteiger partial charge in [-0.05, 0) is 43.0 Å². The maximum absolute atomic E-state index is 5.09. The lowest BCUT2D eigenvalue weighted by Crippen LogP contribution is -2.10. The van der Waals surface area contributed by atoms with Gasteiger partial charge in [0.1, 0.15) is 0 Å². The lowest BCUT2D eigenvalue weighted by molar-refractivity contribution is 0.185. The van der Waals surface area contributed by atoms with Crippen LogP contribution in [0.2, 0.25) is 0 Å². The van der Waals surface area contributed by atoms with Crippen molar-refractivity contribution in [3.8, 4) is 0 Å². The molecule has 0 aromatic heterocycles. The van der Waals surface area contributed by atoms with Crippen LogP contribution in [-0.4, -0.2) is 20.7 Å². The van der Waals surface area contributed by atoms with Gasteiger partial charge in [0.2, 0.25) is 0 Å². The summed E-state index contributed by atoms with van der Waals surface area (Å²) >= 11 is 0. The number of methoxy groups -OCH3 is 1. The van der Waals surface area contributed by atoms with Crippen LogP contribution in [0.4, 0.5) is 0 Å². The summed E-state index contributed by atoms with van der Waals surface area (Å²) < 4.78 is 5.09. The standard InChI is InChI=1S/C13H19NO/c1-14-8-12-7-13(12)11-5-3-10(4-6-11)9-15-2/h3-6,12-14H,7-9H2,1-2H3. The third-order valence-corrected chi connectivity index (χ3v) is 3.11. The number of ether oxygens (including phenoxy) is 1. The molecule has 1 aromatic carbocycles. The molecule has 0 saturated heterocycles. The monoisotopic (exact) mass is 205 g/mol. The maximum atomic E-state index is 5.09. The van der Waals surface area contributed by atoms with Crippen molar-refractivity contribution in [3.63, 3.8) is 0 Å². The molecule has 2 unspecified atom stereocenters. The van der Waals surface area contributed by atoms with Crippen LogP contribution in [0.15, 0.2) is 24.3 Å². The molecule has 2 rings (SSSR count). The third kappa shape index (κ3) is 2.58. The van der Waals surface area contributed by atoms with Crippen LogP contribution >= 0.6 is 0 Å². The summed E-state index contributed by atoms with van der Waals surface area (Å²) in [6.07, 6.45) is 1.34. The van der Waals surface area contributed by atoms with Crippen molar-refractivity contribution in [1.82, 2.24) is 5.32 Å². The maximum Gasteiger partial charge on any atom is 0.0713 e. The summed E-state index contributed by atoms with van der Waals surface area (Å²) in [5.41, 5.74) is 2.74. The summed E-state index contributed by atoms with van der Waals surface area (Å²) in [5.74, 6) is 1.64. The first-order chi connectivity index (χ1) is 7.35. The quantitative estimate of drug-likeness (QED) is 0.795. The van der Waals surface area contributed by atoms with Gasteiger partial charge in [0, 0.05) is 7.11 Å². The number of hydrogen-bond acceptors (Lipinski definition) is 2. The van der Waals surface area contributed by atoms with E-state index in [1.165, 1.54) is 17.5 Å². The van der Waals surface area contributed by atoms with Crippen molar-refractivity contribution in [2.24, 2.45) is 5.92 Å². The highest BCUT2D eigenvalue weighted by Gasteiger charge is 2.37. The molecule has 1 N–H and O–H groups in total. The third-order valence-electron chi connectivity index (χ3n) is 3.11. The Bertz CT molecular complexity index is 307. The average Bonchev–Trinajstić information content (AvgIpc) is 3.00. The topological polar surface area (TPSA) is 21.3 Å². The molecule has 1 aromatic rings. The molecule has 2 atom stereocenters. The molecular formula is C13H19NO. The summed E-state index contributed by atoms with van der Waals surface area (Å²) in [7, 11) is 3.76. The molecule has 0 aliphatic heterocycles. The van der Waals surface area contributed by atoms with E-state index >= 15 is 0 Å². The minimum atomic E-state index is 0.713. The lowest BCUT2D eigenvalue weighted by atomic mass is 10.1. The first-order valence-electron chi connectivity index (χ1n) is 5.57. The van der Waals surface area contributed by atoms with Crippen LogP contribution in [0.5, 0.6) is 0 Å². The first kappa shape index (κ1) is 10.7. The molecule has 2 nitrogen and oxygen atoms in total. The molecule has 0 radical (unpaired) electrons. The van der Waals surface area contributed by atoms with Crippen LogP contribution in [0.25, 0.3) is 0 Å². The van der Waals surface area contributed by atoms with Gasteiger partial charge in [0.15, 0.2) is 0 Å². The molecule has 2 heteroatoms. The molecule has 1 aliphatic carbocycles. The summed E-state index contributed by atoms with van der Waals surface area (Å²) in [4.78, 5) is 0. The summed E-state index contributed by atoms with van der Waals surface area (Å²) in [5, 5.41) is 3.24. The van der Waals surface area contributed by atoms with E-state index in [-0.39, 0.29) is 0 Å². The Kier molecular flexibility index (Phi) is 3.39. The van der Waals surface area contributed by atoms with Crippen molar-refractivity contribution < 1.29 is 4.74 Å². The van der Waals surface area contributed by atoms with Gasteiger partial charge in [-0.25, -0.2) is 0 Å². The van der Waals surface area contributed by atoms with Gasteiger partial charge in [0.05, 0.1) is 6.61 Å².